The van der Waals surface area contributed by atoms with Crippen LogP contribution in [0.4, 0.5) is 4.79 Å². The number of hydrogen-bond acceptors (Lipinski definition) is 3. The normalized spacial score (nSPS) is 9.00. The Morgan fingerprint density at radius 3 is 2.53 bits per heavy atom. The molecular formula is C9H9ClN4O. The summed E-state index contributed by atoms with van der Waals surface area (Å²) < 4.78 is 0. The molecule has 1 aromatic carbocycles. The number of primary amides is 1. The molecule has 2 amide bonds. The van der Waals surface area contributed by atoms with Crippen LogP contribution >= 0.6 is 12.4 Å². The zero-order chi connectivity index (χ0) is 10.4. The van der Waals surface area contributed by atoms with Crippen LogP contribution in [-0.4, -0.2) is 12.2 Å². The number of nitrogens with one attached hydrogen (secondary N) is 1. The van der Waals surface area contributed by atoms with Gasteiger partial charge in [0.05, 0.1) is 17.8 Å². The highest BCUT2D eigenvalue weighted by Gasteiger charge is 1.90. The van der Waals surface area contributed by atoms with Crippen molar-refractivity contribution in [3.8, 4) is 6.07 Å². The van der Waals surface area contributed by atoms with E-state index in [1.54, 1.807) is 24.3 Å². The molecule has 0 heterocycles. The number of carbonyl (C=O) groups excluding carboxylic acids is 1. The summed E-state index contributed by atoms with van der Waals surface area (Å²) in [6.45, 7) is 0. The van der Waals surface area contributed by atoms with Crippen molar-refractivity contribution in [2.45, 2.75) is 0 Å². The fourth-order valence-corrected chi connectivity index (χ4v) is 0.814. The minimum absolute atomic E-state index is 0. The molecule has 0 bridgehead atoms. The molecule has 0 radical (unpaired) electrons. The van der Waals surface area contributed by atoms with Gasteiger partial charge in [0.1, 0.15) is 0 Å². The van der Waals surface area contributed by atoms with Gasteiger partial charge in [-0.15, -0.1) is 12.4 Å². The van der Waals surface area contributed by atoms with Crippen LogP contribution in [0.25, 0.3) is 0 Å². The van der Waals surface area contributed by atoms with Crippen molar-refractivity contribution in [1.82, 2.24) is 5.43 Å². The number of halogens is 1. The lowest BCUT2D eigenvalue weighted by Gasteiger charge is -1.93. The van der Waals surface area contributed by atoms with Crippen molar-refractivity contribution < 1.29 is 4.79 Å². The number of rotatable bonds is 2. The summed E-state index contributed by atoms with van der Waals surface area (Å²) in [7, 11) is 0. The predicted octanol–water partition coefficient (Wildman–Crippen LogP) is 0.982. The largest absolute Gasteiger partial charge is 0.350 e. The molecule has 0 fully saturated rings. The van der Waals surface area contributed by atoms with Crippen molar-refractivity contribution in [3.63, 3.8) is 0 Å². The summed E-state index contributed by atoms with van der Waals surface area (Å²) in [5.41, 5.74) is 8.21. The second-order valence-electron chi connectivity index (χ2n) is 2.47. The van der Waals surface area contributed by atoms with E-state index in [1.165, 1.54) is 6.21 Å². The van der Waals surface area contributed by atoms with E-state index >= 15 is 0 Å². The minimum Gasteiger partial charge on any atom is -0.350 e. The van der Waals surface area contributed by atoms with E-state index in [9.17, 15) is 4.79 Å². The first-order chi connectivity index (χ1) is 6.72. The Hall–Kier alpha value is -2.06. The monoisotopic (exact) mass is 224 g/mol. The van der Waals surface area contributed by atoms with Gasteiger partial charge in [0.25, 0.3) is 0 Å². The van der Waals surface area contributed by atoms with Crippen LogP contribution in [0, 0.1) is 11.3 Å². The Bertz CT molecular complexity index is 394. The van der Waals surface area contributed by atoms with Crippen LogP contribution in [0.15, 0.2) is 29.4 Å². The van der Waals surface area contributed by atoms with Gasteiger partial charge in [0, 0.05) is 0 Å². The van der Waals surface area contributed by atoms with E-state index in [-0.39, 0.29) is 12.4 Å². The summed E-state index contributed by atoms with van der Waals surface area (Å²) >= 11 is 0. The Labute approximate surface area is 93.0 Å². The number of nitrogens with zero attached hydrogens (tertiary/aromatic N) is 2. The van der Waals surface area contributed by atoms with E-state index in [2.05, 4.69) is 10.5 Å². The quantitative estimate of drug-likeness (QED) is 0.579. The first kappa shape index (κ1) is 12.9. The van der Waals surface area contributed by atoms with Crippen LogP contribution in [0.1, 0.15) is 11.1 Å². The number of urea groups is 1. The molecular weight excluding hydrogens is 216 g/mol. The van der Waals surface area contributed by atoms with Gasteiger partial charge in [-0.1, -0.05) is 12.1 Å². The highest BCUT2D eigenvalue weighted by molar-refractivity contribution is 5.85. The molecule has 0 aliphatic heterocycles. The van der Waals surface area contributed by atoms with Gasteiger partial charge in [-0.3, -0.25) is 0 Å². The van der Waals surface area contributed by atoms with E-state index in [0.29, 0.717) is 5.56 Å². The van der Waals surface area contributed by atoms with Gasteiger partial charge in [0.2, 0.25) is 0 Å². The maximum atomic E-state index is 10.2. The van der Waals surface area contributed by atoms with Gasteiger partial charge in [0.15, 0.2) is 0 Å². The maximum Gasteiger partial charge on any atom is 0.332 e. The van der Waals surface area contributed by atoms with Crippen LogP contribution in [0.3, 0.4) is 0 Å². The van der Waals surface area contributed by atoms with E-state index in [1.807, 2.05) is 6.07 Å². The minimum atomic E-state index is -0.713. The topological polar surface area (TPSA) is 91.3 Å². The molecule has 6 heteroatoms. The lowest BCUT2D eigenvalue weighted by Crippen LogP contribution is -2.24. The number of hydrazone groups is 1. The third kappa shape index (κ3) is 4.64. The van der Waals surface area contributed by atoms with E-state index in [0.717, 1.165) is 5.56 Å². The first-order valence-electron chi connectivity index (χ1n) is 3.81. The number of benzene rings is 1. The smallest absolute Gasteiger partial charge is 0.332 e. The van der Waals surface area contributed by atoms with Crippen LogP contribution in [0.2, 0.25) is 0 Å². The molecule has 1 rings (SSSR count). The van der Waals surface area contributed by atoms with Crippen molar-refractivity contribution in [1.29, 1.82) is 5.26 Å². The Morgan fingerprint density at radius 1 is 1.47 bits per heavy atom. The zero-order valence-electron chi connectivity index (χ0n) is 7.68. The average Bonchev–Trinajstić information content (AvgIpc) is 2.18. The second kappa shape index (κ2) is 6.40. The fraction of sp³-hybridized carbons (Fsp3) is 0. The van der Waals surface area contributed by atoms with Crippen molar-refractivity contribution >= 4 is 24.7 Å². The molecule has 1 aromatic rings. The Morgan fingerprint density at radius 2 is 2.07 bits per heavy atom. The highest BCUT2D eigenvalue weighted by atomic mass is 35.5. The fourth-order valence-electron chi connectivity index (χ4n) is 0.814. The maximum absolute atomic E-state index is 10.2. The number of hydrogen-bond donors (Lipinski definition) is 2. The van der Waals surface area contributed by atoms with Crippen LogP contribution in [-0.2, 0) is 0 Å². The van der Waals surface area contributed by atoms with Crippen molar-refractivity contribution in [2.24, 2.45) is 10.8 Å². The molecule has 0 saturated heterocycles. The van der Waals surface area contributed by atoms with Gasteiger partial charge >= 0.3 is 6.03 Å². The Balaban J connectivity index is 0.00000196. The molecule has 0 aliphatic rings. The standard InChI is InChI=1S/C9H8N4O.ClH/c10-5-7-1-3-8(4-2-7)6-12-13-9(11)14;/h1-4,6H,(H3,11,13,14);1H/b12-6+;. The van der Waals surface area contributed by atoms with Crippen molar-refractivity contribution in [3.05, 3.63) is 35.4 Å². The third-order valence-electron chi connectivity index (χ3n) is 1.43. The average molecular weight is 225 g/mol. The number of carbonyl (C=O) groups is 1. The number of amides is 2. The second-order valence-corrected chi connectivity index (χ2v) is 2.47. The molecule has 0 aromatic heterocycles. The summed E-state index contributed by atoms with van der Waals surface area (Å²) in [4.78, 5) is 10.2. The molecule has 0 atom stereocenters. The van der Waals surface area contributed by atoms with Crippen molar-refractivity contribution in [2.75, 3.05) is 0 Å². The number of nitriles is 1. The first-order valence-corrected chi connectivity index (χ1v) is 3.81. The summed E-state index contributed by atoms with van der Waals surface area (Å²) in [6.07, 6.45) is 1.44. The van der Waals surface area contributed by atoms with Gasteiger partial charge in [-0.25, -0.2) is 10.2 Å². The summed E-state index contributed by atoms with van der Waals surface area (Å²) in [5, 5.41) is 12.1. The Kier molecular flexibility index (Phi) is 5.52. The van der Waals surface area contributed by atoms with Gasteiger partial charge < -0.3 is 5.73 Å². The molecule has 3 N–H and O–H groups in total. The summed E-state index contributed by atoms with van der Waals surface area (Å²) in [6, 6.07) is 8.02. The van der Waals surface area contributed by atoms with E-state index in [4.69, 9.17) is 11.0 Å². The van der Waals surface area contributed by atoms with Crippen LogP contribution in [0.5, 0.6) is 0 Å². The molecule has 5 nitrogen and oxygen atoms in total. The van der Waals surface area contributed by atoms with Gasteiger partial charge in [-0.05, 0) is 17.7 Å². The zero-order valence-corrected chi connectivity index (χ0v) is 8.49. The lowest BCUT2D eigenvalue weighted by molar-refractivity contribution is 0.249. The predicted molar refractivity (Wildman–Crippen MR) is 58.7 cm³/mol. The molecule has 15 heavy (non-hydrogen) atoms. The SMILES string of the molecule is Cl.N#Cc1ccc(/C=N/NC(N)=O)cc1. The molecule has 0 aliphatic carbocycles. The summed E-state index contributed by atoms with van der Waals surface area (Å²) in [5.74, 6) is 0. The van der Waals surface area contributed by atoms with Crippen LogP contribution < -0.4 is 11.2 Å². The molecule has 0 unspecified atom stereocenters. The molecule has 0 saturated carbocycles. The number of nitrogens with two attached hydrogens (primary N) is 1. The lowest BCUT2D eigenvalue weighted by atomic mass is 10.2. The molecule has 0 spiro atoms. The van der Waals surface area contributed by atoms with E-state index < -0.39 is 6.03 Å². The highest BCUT2D eigenvalue weighted by Crippen LogP contribution is 2.00. The molecule has 78 valence electrons. The van der Waals surface area contributed by atoms with Gasteiger partial charge in [-0.2, -0.15) is 10.4 Å². The third-order valence-corrected chi connectivity index (χ3v) is 1.43.